The fourth-order valence-electron chi connectivity index (χ4n) is 2.41. The minimum absolute atomic E-state index is 0.0212. The second kappa shape index (κ2) is 9.47. The van der Waals surface area contributed by atoms with Gasteiger partial charge in [-0.05, 0) is 43.0 Å². The van der Waals surface area contributed by atoms with Crippen LogP contribution in [0.25, 0.3) is 0 Å². The first-order valence-corrected chi connectivity index (χ1v) is 7.41. The van der Waals surface area contributed by atoms with Gasteiger partial charge in [-0.2, -0.15) is 0 Å². The lowest BCUT2D eigenvalue weighted by Gasteiger charge is -2.16. The molecule has 1 aromatic carbocycles. The lowest BCUT2D eigenvalue weighted by molar-refractivity contribution is 0.248. The molecular formula is C16H27NO4. The van der Waals surface area contributed by atoms with E-state index in [1.165, 1.54) is 14.2 Å². The summed E-state index contributed by atoms with van der Waals surface area (Å²) >= 11 is 0. The Morgan fingerprint density at radius 3 is 2.24 bits per heavy atom. The summed E-state index contributed by atoms with van der Waals surface area (Å²) in [5.41, 5.74) is 0.987. The van der Waals surface area contributed by atoms with Crippen LogP contribution < -0.4 is 14.8 Å². The third-order valence-corrected chi connectivity index (χ3v) is 3.54. The fraction of sp³-hybridized carbons (Fsp3) is 0.625. The number of benzene rings is 1. The van der Waals surface area contributed by atoms with E-state index in [0.717, 1.165) is 31.4 Å². The number of rotatable bonds is 10. The molecule has 1 unspecified atom stereocenters. The molecule has 0 aliphatic heterocycles. The molecule has 5 heteroatoms. The Kier molecular flexibility index (Phi) is 7.93. The van der Waals surface area contributed by atoms with Crippen molar-refractivity contribution < 1.29 is 19.7 Å². The van der Waals surface area contributed by atoms with E-state index in [9.17, 15) is 5.11 Å². The standard InChI is InChI=1S/C16H27NO4/c1-4-5-12(6-7-18)10-17-11-13-8-14(20-2)16(19)15(9-13)21-3/h8-9,12,17-19H,4-7,10-11H2,1-3H3. The van der Waals surface area contributed by atoms with Crippen LogP contribution in [-0.4, -0.2) is 37.6 Å². The molecule has 0 spiro atoms. The monoisotopic (exact) mass is 297 g/mol. The van der Waals surface area contributed by atoms with Crippen LogP contribution in [0.5, 0.6) is 17.2 Å². The summed E-state index contributed by atoms with van der Waals surface area (Å²) in [6, 6.07) is 3.59. The minimum atomic E-state index is 0.0212. The third-order valence-electron chi connectivity index (χ3n) is 3.54. The van der Waals surface area contributed by atoms with Crippen LogP contribution in [0.3, 0.4) is 0 Å². The second-order valence-corrected chi connectivity index (χ2v) is 5.15. The van der Waals surface area contributed by atoms with E-state index in [4.69, 9.17) is 14.6 Å². The molecule has 0 aliphatic carbocycles. The molecule has 21 heavy (non-hydrogen) atoms. The number of phenolic OH excluding ortho intramolecular Hbond substituents is 1. The number of aromatic hydroxyl groups is 1. The summed E-state index contributed by atoms with van der Waals surface area (Å²) in [7, 11) is 3.04. The van der Waals surface area contributed by atoms with Gasteiger partial charge in [0.05, 0.1) is 14.2 Å². The Bertz CT molecular complexity index is 392. The largest absolute Gasteiger partial charge is 0.502 e. The number of ether oxygens (including phenoxy) is 2. The van der Waals surface area contributed by atoms with Crippen molar-refractivity contribution in [3.8, 4) is 17.2 Å². The van der Waals surface area contributed by atoms with Crippen LogP contribution in [0.4, 0.5) is 0 Å². The summed E-state index contributed by atoms with van der Waals surface area (Å²) in [5, 5.41) is 22.3. The zero-order chi connectivity index (χ0) is 15.7. The maximum atomic E-state index is 9.87. The Morgan fingerprint density at radius 2 is 1.76 bits per heavy atom. The van der Waals surface area contributed by atoms with Gasteiger partial charge in [0.1, 0.15) is 0 Å². The number of hydrogen-bond donors (Lipinski definition) is 3. The number of nitrogens with one attached hydrogen (secondary N) is 1. The Balaban J connectivity index is 2.62. The van der Waals surface area contributed by atoms with Gasteiger partial charge in [0.15, 0.2) is 11.5 Å². The average Bonchev–Trinajstić information content (AvgIpc) is 2.49. The summed E-state index contributed by atoms with van der Waals surface area (Å²) in [4.78, 5) is 0. The number of aliphatic hydroxyl groups is 1. The maximum absolute atomic E-state index is 9.87. The molecule has 120 valence electrons. The molecule has 0 saturated carbocycles. The number of hydrogen-bond acceptors (Lipinski definition) is 5. The van der Waals surface area contributed by atoms with Crippen LogP contribution in [0, 0.1) is 5.92 Å². The van der Waals surface area contributed by atoms with E-state index in [1.807, 2.05) is 0 Å². The van der Waals surface area contributed by atoms with E-state index in [1.54, 1.807) is 12.1 Å². The van der Waals surface area contributed by atoms with Gasteiger partial charge in [0.2, 0.25) is 5.75 Å². The van der Waals surface area contributed by atoms with E-state index in [-0.39, 0.29) is 12.4 Å². The molecule has 0 heterocycles. The second-order valence-electron chi connectivity index (χ2n) is 5.15. The van der Waals surface area contributed by atoms with Crippen molar-refractivity contribution in [2.24, 2.45) is 5.92 Å². The Hall–Kier alpha value is -1.46. The van der Waals surface area contributed by atoms with Gasteiger partial charge < -0.3 is 25.0 Å². The molecular weight excluding hydrogens is 270 g/mol. The minimum Gasteiger partial charge on any atom is -0.502 e. The van der Waals surface area contributed by atoms with E-state index in [2.05, 4.69) is 12.2 Å². The molecule has 0 radical (unpaired) electrons. The highest BCUT2D eigenvalue weighted by Crippen LogP contribution is 2.37. The fourth-order valence-corrected chi connectivity index (χ4v) is 2.41. The molecule has 0 fully saturated rings. The van der Waals surface area contributed by atoms with Crippen molar-refractivity contribution >= 4 is 0 Å². The van der Waals surface area contributed by atoms with Gasteiger partial charge in [0, 0.05) is 13.2 Å². The first kappa shape index (κ1) is 17.6. The van der Waals surface area contributed by atoms with Crippen molar-refractivity contribution in [3.63, 3.8) is 0 Å². The van der Waals surface area contributed by atoms with Gasteiger partial charge in [0.25, 0.3) is 0 Å². The zero-order valence-corrected chi connectivity index (χ0v) is 13.2. The Labute approximate surface area is 126 Å². The van der Waals surface area contributed by atoms with E-state index >= 15 is 0 Å². The van der Waals surface area contributed by atoms with Gasteiger partial charge in [-0.3, -0.25) is 0 Å². The van der Waals surface area contributed by atoms with Crippen molar-refractivity contribution in [2.75, 3.05) is 27.4 Å². The number of aliphatic hydroxyl groups excluding tert-OH is 1. The summed E-state index contributed by atoms with van der Waals surface area (Å²) in [6.07, 6.45) is 3.05. The van der Waals surface area contributed by atoms with Crippen LogP contribution >= 0.6 is 0 Å². The molecule has 1 rings (SSSR count). The lowest BCUT2D eigenvalue weighted by atomic mass is 10.00. The molecule has 0 aliphatic rings. The predicted octanol–water partition coefficient (Wildman–Crippen LogP) is 2.30. The summed E-state index contributed by atoms with van der Waals surface area (Å²) in [5.74, 6) is 1.33. The lowest BCUT2D eigenvalue weighted by Crippen LogP contribution is -2.23. The van der Waals surface area contributed by atoms with Crippen molar-refractivity contribution in [3.05, 3.63) is 17.7 Å². The molecule has 0 bridgehead atoms. The topological polar surface area (TPSA) is 71.0 Å². The summed E-state index contributed by atoms with van der Waals surface area (Å²) < 4.78 is 10.3. The maximum Gasteiger partial charge on any atom is 0.200 e. The van der Waals surface area contributed by atoms with E-state index < -0.39 is 0 Å². The number of phenols is 1. The van der Waals surface area contributed by atoms with Crippen molar-refractivity contribution in [1.82, 2.24) is 5.32 Å². The highest BCUT2D eigenvalue weighted by Gasteiger charge is 2.12. The normalized spacial score (nSPS) is 12.2. The smallest absolute Gasteiger partial charge is 0.200 e. The van der Waals surface area contributed by atoms with Crippen LogP contribution in [-0.2, 0) is 6.54 Å². The van der Waals surface area contributed by atoms with Crippen molar-refractivity contribution in [1.29, 1.82) is 0 Å². The van der Waals surface area contributed by atoms with Crippen molar-refractivity contribution in [2.45, 2.75) is 32.7 Å². The van der Waals surface area contributed by atoms with Crippen LogP contribution in [0.15, 0.2) is 12.1 Å². The molecule has 1 aromatic rings. The van der Waals surface area contributed by atoms with Crippen LogP contribution in [0.1, 0.15) is 31.7 Å². The molecule has 1 atom stereocenters. The molecule has 0 saturated heterocycles. The molecule has 0 aromatic heterocycles. The predicted molar refractivity (Wildman–Crippen MR) is 83.0 cm³/mol. The summed E-state index contributed by atoms with van der Waals surface area (Å²) in [6.45, 7) is 3.91. The quantitative estimate of drug-likeness (QED) is 0.618. The van der Waals surface area contributed by atoms with Gasteiger partial charge >= 0.3 is 0 Å². The van der Waals surface area contributed by atoms with Gasteiger partial charge in [-0.15, -0.1) is 0 Å². The average molecular weight is 297 g/mol. The molecule has 3 N–H and O–H groups in total. The Morgan fingerprint density at radius 1 is 1.14 bits per heavy atom. The molecule has 0 amide bonds. The SMILES string of the molecule is CCCC(CCO)CNCc1cc(OC)c(O)c(OC)c1. The first-order chi connectivity index (χ1) is 10.2. The third kappa shape index (κ3) is 5.44. The van der Waals surface area contributed by atoms with Gasteiger partial charge in [-0.25, -0.2) is 0 Å². The highest BCUT2D eigenvalue weighted by molar-refractivity contribution is 5.52. The molecule has 5 nitrogen and oxygen atoms in total. The van der Waals surface area contributed by atoms with Gasteiger partial charge in [-0.1, -0.05) is 13.3 Å². The van der Waals surface area contributed by atoms with Crippen LogP contribution in [0.2, 0.25) is 0 Å². The first-order valence-electron chi connectivity index (χ1n) is 7.41. The zero-order valence-electron chi connectivity index (χ0n) is 13.2. The van der Waals surface area contributed by atoms with E-state index in [0.29, 0.717) is 24.0 Å². The number of methoxy groups -OCH3 is 2. The highest BCUT2D eigenvalue weighted by atomic mass is 16.5.